The van der Waals surface area contributed by atoms with Crippen molar-refractivity contribution in [3.63, 3.8) is 0 Å². The van der Waals surface area contributed by atoms with Gasteiger partial charge in [0.15, 0.2) is 5.78 Å². The number of nitrogens with two attached hydrogens (primary N) is 1. The van der Waals surface area contributed by atoms with Gasteiger partial charge in [0.2, 0.25) is 0 Å². The van der Waals surface area contributed by atoms with E-state index in [4.69, 9.17) is 10.5 Å². The number of ether oxygens (including phenoxy) is 1. The first-order chi connectivity index (χ1) is 35.2. The number of epoxide rings is 1. The van der Waals surface area contributed by atoms with Crippen molar-refractivity contribution in [3.8, 4) is 5.75 Å². The fourth-order valence-electron chi connectivity index (χ4n) is 22.0. The fourth-order valence-corrected chi connectivity index (χ4v) is 22.0. The topological polar surface area (TPSA) is 178 Å². The van der Waals surface area contributed by atoms with E-state index in [0.717, 1.165) is 112 Å². The molecule has 8 saturated carbocycles. The molecule has 404 valence electrons. The zero-order valence-corrected chi connectivity index (χ0v) is 45.9. The average molecular weight is 1010 g/mol. The van der Waals surface area contributed by atoms with E-state index < -0.39 is 49.9 Å². The smallest absolute Gasteiger partial charge is 0.160 e. The minimum Gasteiger partial charge on any atom is -0.508 e. The van der Waals surface area contributed by atoms with Crippen molar-refractivity contribution in [2.24, 2.45) is 63.1 Å². The molecular formula is C64H91N3O7. The van der Waals surface area contributed by atoms with Gasteiger partial charge in [-0.25, -0.2) is 0 Å². The van der Waals surface area contributed by atoms with E-state index in [1.54, 1.807) is 0 Å². The second kappa shape index (κ2) is 18.0. The number of fused-ring (bicyclic) bond motifs is 5. The van der Waals surface area contributed by atoms with Gasteiger partial charge in [0.25, 0.3) is 0 Å². The summed E-state index contributed by atoms with van der Waals surface area (Å²) in [6.07, 6.45) is 17.3. The van der Waals surface area contributed by atoms with Crippen LogP contribution in [-0.2, 0) is 26.3 Å². The molecule has 10 fully saturated rings. The third-order valence-electron chi connectivity index (χ3n) is 24.4. The van der Waals surface area contributed by atoms with Gasteiger partial charge in [0.1, 0.15) is 17.6 Å². The Bertz CT molecular complexity index is 2600. The van der Waals surface area contributed by atoms with Gasteiger partial charge in [-0.15, -0.1) is 0 Å². The molecule has 0 spiro atoms. The van der Waals surface area contributed by atoms with E-state index in [1.807, 2.05) is 32.2 Å². The van der Waals surface area contributed by atoms with Crippen LogP contribution in [0, 0.1) is 63.1 Å². The third-order valence-corrected chi connectivity index (χ3v) is 24.4. The Morgan fingerprint density at radius 1 is 0.878 bits per heavy atom. The fraction of sp³-hybridized carbons (Fsp3) is 0.750. The number of aliphatic hydroxyl groups is 3. The minimum absolute atomic E-state index is 0.00349. The summed E-state index contributed by atoms with van der Waals surface area (Å²) in [5.41, 5.74) is 7.64. The molecule has 0 radical (unpaired) electrons. The number of benzene rings is 2. The van der Waals surface area contributed by atoms with Crippen LogP contribution in [0.5, 0.6) is 5.75 Å². The maximum atomic E-state index is 16.2. The molecule has 74 heavy (non-hydrogen) atoms. The summed E-state index contributed by atoms with van der Waals surface area (Å²) in [5, 5.41) is 56.0. The maximum absolute atomic E-state index is 16.2. The first-order valence-electron chi connectivity index (χ1n) is 29.8. The summed E-state index contributed by atoms with van der Waals surface area (Å²) < 4.78 is 6.89. The number of phenolic OH excluding ortho intramolecular Hbond substituents is 1. The molecule has 18 atom stereocenters. The number of nitrogens with one attached hydrogen (secondary N) is 2. The summed E-state index contributed by atoms with van der Waals surface area (Å²) in [6, 6.07) is 14.3. The van der Waals surface area contributed by atoms with E-state index in [9.17, 15) is 20.4 Å². The van der Waals surface area contributed by atoms with Gasteiger partial charge in [-0.3, -0.25) is 9.59 Å². The van der Waals surface area contributed by atoms with Crippen molar-refractivity contribution in [1.29, 1.82) is 0 Å². The predicted molar refractivity (Wildman–Crippen MR) is 289 cm³/mol. The van der Waals surface area contributed by atoms with Gasteiger partial charge < -0.3 is 41.5 Å². The number of aromatic hydroxyl groups is 1. The number of β-amino-alcohol motifs (C(OH)–C–C–N with tert-alkyl or cyclic N) is 1. The highest BCUT2D eigenvalue weighted by atomic mass is 16.6. The molecule has 8 N–H and O–H groups in total. The van der Waals surface area contributed by atoms with Crippen LogP contribution < -0.4 is 16.4 Å². The van der Waals surface area contributed by atoms with Gasteiger partial charge in [0, 0.05) is 48.2 Å². The van der Waals surface area contributed by atoms with Crippen molar-refractivity contribution < 1.29 is 34.8 Å². The molecule has 11 aliphatic rings. The number of anilines is 1. The van der Waals surface area contributed by atoms with E-state index >= 15 is 9.59 Å². The number of hydrogen-bond donors (Lipinski definition) is 7. The second-order valence-corrected chi connectivity index (χ2v) is 28.3. The number of aliphatic hydroxyl groups excluding tert-OH is 2. The zero-order chi connectivity index (χ0) is 52.0. The van der Waals surface area contributed by atoms with Crippen molar-refractivity contribution in [3.05, 3.63) is 70.3 Å². The van der Waals surface area contributed by atoms with Crippen LogP contribution in [0.25, 0.3) is 0 Å². The maximum Gasteiger partial charge on any atom is 0.160 e. The van der Waals surface area contributed by atoms with Gasteiger partial charge in [-0.05, 0) is 215 Å². The van der Waals surface area contributed by atoms with Gasteiger partial charge in [0.05, 0.1) is 22.7 Å². The molecule has 2 aliphatic heterocycles. The van der Waals surface area contributed by atoms with E-state index in [2.05, 4.69) is 62.6 Å². The predicted octanol–water partition coefficient (Wildman–Crippen LogP) is 10.4. The number of carbonyl (C=O) groups excluding carboxylic acids is 2. The number of hydrogen-bond acceptors (Lipinski definition) is 10. The normalized spacial score (nSPS) is 47.1. The standard InChI is InChI=1S/C64H91N3O7/c1-57(73)23-9-10-24-58(2)55-59(3)35-62(56(58)72,41-29-38(34-66-6)30-43(69)32-41)25-26-64(55,67-37-57)36-63(27-28-68)50(59)22-21-48-52(49(70)33-60(48,63)4)51-45-16-8-7-13-39(45)19-20-46(51)53(71)54-61(5,74-54)47-18-12-17-44(47)40-14-11-15-42(65)31-40/h11,14-15,29-32,39,44-47,50-51,53-55,66-69,71,73H,7-10,12-13,16-28,33-37,65H2,1-6H3. The van der Waals surface area contributed by atoms with Gasteiger partial charge in [-0.1, -0.05) is 83.1 Å². The zero-order valence-electron chi connectivity index (χ0n) is 45.9. The Kier molecular flexibility index (Phi) is 12.5. The first-order valence-corrected chi connectivity index (χ1v) is 29.8. The Balaban J connectivity index is 0.982. The van der Waals surface area contributed by atoms with Gasteiger partial charge >= 0.3 is 0 Å². The van der Waals surface area contributed by atoms with Crippen LogP contribution >= 0.6 is 0 Å². The number of phenols is 1. The highest BCUT2D eigenvalue weighted by Gasteiger charge is 2.80. The lowest BCUT2D eigenvalue weighted by molar-refractivity contribution is -0.227. The SMILES string of the molecule is CNCc1cc(O)cc(C23CCC45CC6(CCO)C(CCC7=C(C8C9CCCCC9CCC8C(O)C8OC8(C)C8CCCC8c8cccc(N)c8)C(=O)CC76C)C(C)(C2)C4C(C)(CCCCC(C)(O)CN5)C3=O)c1. The van der Waals surface area contributed by atoms with Crippen LogP contribution in [0.1, 0.15) is 192 Å². The number of Topliss-reactive ketones (excluding diaryl/α,β-unsaturated/α-hetero) is 2. The molecule has 2 heterocycles. The summed E-state index contributed by atoms with van der Waals surface area (Å²) in [5.74, 6) is 2.17. The second-order valence-electron chi connectivity index (χ2n) is 28.3. The Hall–Kier alpha value is -3.12. The van der Waals surface area contributed by atoms with E-state index in [0.29, 0.717) is 68.7 Å². The molecular weight excluding hydrogens is 923 g/mol. The van der Waals surface area contributed by atoms with Crippen LogP contribution in [-0.4, -0.2) is 81.1 Å². The third kappa shape index (κ3) is 7.42. The monoisotopic (exact) mass is 1010 g/mol. The molecule has 10 nitrogen and oxygen atoms in total. The highest BCUT2D eigenvalue weighted by Crippen LogP contribution is 2.81. The lowest BCUT2D eigenvalue weighted by atomic mass is 9.30. The minimum atomic E-state index is -0.944. The van der Waals surface area contributed by atoms with Crippen molar-refractivity contribution in [2.75, 3.05) is 25.9 Å². The van der Waals surface area contributed by atoms with Gasteiger partial charge in [-0.2, -0.15) is 0 Å². The van der Waals surface area contributed by atoms with E-state index in [-0.39, 0.29) is 53.8 Å². The van der Waals surface area contributed by atoms with Crippen molar-refractivity contribution >= 4 is 17.3 Å². The van der Waals surface area contributed by atoms with Crippen molar-refractivity contribution in [1.82, 2.24) is 10.6 Å². The largest absolute Gasteiger partial charge is 0.508 e. The molecule has 0 amide bonds. The van der Waals surface area contributed by atoms with Crippen LogP contribution in [0.3, 0.4) is 0 Å². The quantitative estimate of drug-likeness (QED) is 0.0895. The van der Waals surface area contributed by atoms with Crippen LogP contribution in [0.15, 0.2) is 53.6 Å². The molecule has 5 bridgehead atoms. The number of carbonyl (C=O) groups is 2. The Labute approximate surface area is 442 Å². The molecule has 18 unspecified atom stereocenters. The summed E-state index contributed by atoms with van der Waals surface area (Å²) in [4.78, 5) is 32.2. The molecule has 2 aromatic carbocycles. The Morgan fingerprint density at radius 2 is 1.68 bits per heavy atom. The lowest BCUT2D eigenvalue weighted by Crippen LogP contribution is -2.76. The lowest BCUT2D eigenvalue weighted by Gasteiger charge is -2.74. The van der Waals surface area contributed by atoms with Crippen molar-refractivity contribution in [2.45, 2.75) is 216 Å². The molecule has 0 aromatic heterocycles. The summed E-state index contributed by atoms with van der Waals surface area (Å²) in [6.45, 7) is 12.4. The Morgan fingerprint density at radius 3 is 2.46 bits per heavy atom. The summed E-state index contributed by atoms with van der Waals surface area (Å²) in [7, 11) is 1.92. The molecule has 13 rings (SSSR count). The number of ketones is 2. The molecule has 10 heteroatoms. The molecule has 9 aliphatic carbocycles. The number of nitrogen functional groups attached to an aromatic ring is 1. The van der Waals surface area contributed by atoms with E-state index in [1.165, 1.54) is 24.0 Å². The molecule has 2 saturated heterocycles. The van der Waals surface area contributed by atoms with Crippen LogP contribution in [0.4, 0.5) is 5.69 Å². The number of allylic oxidation sites excluding steroid dienone is 2. The summed E-state index contributed by atoms with van der Waals surface area (Å²) >= 11 is 0. The highest BCUT2D eigenvalue weighted by molar-refractivity contribution is 6.01. The average Bonchev–Trinajstić information content (AvgIpc) is 3.70. The first kappa shape index (κ1) is 51.6. The van der Waals surface area contributed by atoms with Crippen LogP contribution in [0.2, 0.25) is 0 Å². The molecule has 2 aromatic rings. The number of rotatable bonds is 10.